The molecule has 1 radical (unpaired) electrons. The number of hydrogen-bond acceptors (Lipinski definition) is 3. The number of nitriles is 1. The van der Waals surface area contributed by atoms with Crippen LogP contribution in [0.2, 0.25) is 0 Å². The molecule has 0 saturated carbocycles. The van der Waals surface area contributed by atoms with Gasteiger partial charge in [-0.2, -0.15) is 5.26 Å². The zero-order valence-corrected chi connectivity index (χ0v) is 7.07. The summed E-state index contributed by atoms with van der Waals surface area (Å²) in [4.78, 5) is 7.75. The average Bonchev–Trinajstić information content (AvgIpc) is 2.17. The van der Waals surface area contributed by atoms with E-state index in [1.54, 1.807) is 0 Å². The standard InChI is InChI=1S/C10H6N3/c1-7-3-2-4-8-10(7)9(5-11)13-6-12-8/h2-4H,1H3. The lowest BCUT2D eigenvalue weighted by Gasteiger charge is -2.00. The first-order valence-corrected chi connectivity index (χ1v) is 3.86. The normalized spacial score (nSPS) is 9.85. The van der Waals surface area contributed by atoms with Crippen molar-refractivity contribution in [2.45, 2.75) is 6.92 Å². The van der Waals surface area contributed by atoms with Crippen molar-refractivity contribution >= 4 is 10.9 Å². The Hall–Kier alpha value is -1.95. The first-order chi connectivity index (χ1) is 6.33. The summed E-state index contributed by atoms with van der Waals surface area (Å²) in [5, 5.41) is 9.62. The zero-order valence-electron chi connectivity index (χ0n) is 7.07. The molecule has 1 heterocycles. The molecule has 13 heavy (non-hydrogen) atoms. The summed E-state index contributed by atoms with van der Waals surface area (Å²) in [7, 11) is 0. The van der Waals surface area contributed by atoms with Gasteiger partial charge >= 0.3 is 0 Å². The Balaban J connectivity index is 2.97. The van der Waals surface area contributed by atoms with Gasteiger partial charge in [-0.05, 0) is 18.6 Å². The molecule has 0 aliphatic carbocycles. The number of benzene rings is 1. The van der Waals surface area contributed by atoms with Crippen LogP contribution in [0.1, 0.15) is 11.3 Å². The summed E-state index contributed by atoms with van der Waals surface area (Å²) in [6.07, 6.45) is 2.46. The van der Waals surface area contributed by atoms with E-state index >= 15 is 0 Å². The molecule has 0 bridgehead atoms. The summed E-state index contributed by atoms with van der Waals surface area (Å²) in [5.74, 6) is 0. The second-order valence-corrected chi connectivity index (χ2v) is 2.75. The van der Waals surface area contributed by atoms with Crippen LogP contribution in [0.5, 0.6) is 0 Å². The molecule has 1 aromatic carbocycles. The monoisotopic (exact) mass is 168 g/mol. The maximum atomic E-state index is 8.80. The van der Waals surface area contributed by atoms with Gasteiger partial charge in [-0.25, -0.2) is 9.97 Å². The quantitative estimate of drug-likeness (QED) is 0.600. The third kappa shape index (κ3) is 1.13. The van der Waals surface area contributed by atoms with E-state index in [9.17, 15) is 0 Å². The molecule has 0 unspecified atom stereocenters. The van der Waals surface area contributed by atoms with Gasteiger partial charge in [0.05, 0.1) is 5.52 Å². The van der Waals surface area contributed by atoms with Gasteiger partial charge in [0.2, 0.25) is 0 Å². The molecule has 0 spiro atoms. The topological polar surface area (TPSA) is 49.6 Å². The Morgan fingerprint density at radius 3 is 3.00 bits per heavy atom. The number of aromatic nitrogens is 2. The number of nitrogens with zero attached hydrogens (tertiary/aromatic N) is 3. The van der Waals surface area contributed by atoms with Crippen molar-refractivity contribution < 1.29 is 0 Å². The van der Waals surface area contributed by atoms with Crippen LogP contribution in [0.25, 0.3) is 10.9 Å². The highest BCUT2D eigenvalue weighted by Gasteiger charge is 2.04. The Bertz CT molecular complexity index is 492. The van der Waals surface area contributed by atoms with Crippen molar-refractivity contribution in [1.29, 1.82) is 5.26 Å². The summed E-state index contributed by atoms with van der Waals surface area (Å²) in [6.45, 7) is 1.94. The van der Waals surface area contributed by atoms with Crippen LogP contribution < -0.4 is 0 Å². The van der Waals surface area contributed by atoms with Gasteiger partial charge in [0.1, 0.15) is 6.07 Å². The van der Waals surface area contributed by atoms with Crippen LogP contribution in [0, 0.1) is 24.6 Å². The highest BCUT2D eigenvalue weighted by molar-refractivity contribution is 5.85. The molecule has 3 heteroatoms. The minimum Gasteiger partial charge on any atom is -0.225 e. The lowest BCUT2D eigenvalue weighted by molar-refractivity contribution is 1.17. The minimum absolute atomic E-state index is 0.392. The Labute approximate surface area is 75.7 Å². The van der Waals surface area contributed by atoms with Crippen LogP contribution >= 0.6 is 0 Å². The van der Waals surface area contributed by atoms with Crippen LogP contribution in [0.4, 0.5) is 0 Å². The SMILES string of the molecule is Cc1cccc2n[c]nc(C#N)c12. The van der Waals surface area contributed by atoms with Gasteiger partial charge in [0.15, 0.2) is 12.0 Å². The number of aryl methyl sites for hydroxylation is 1. The molecule has 0 saturated heterocycles. The zero-order chi connectivity index (χ0) is 9.26. The van der Waals surface area contributed by atoms with Crippen molar-refractivity contribution in [3.63, 3.8) is 0 Å². The van der Waals surface area contributed by atoms with Gasteiger partial charge in [0, 0.05) is 5.39 Å². The largest absolute Gasteiger partial charge is 0.225 e. The van der Waals surface area contributed by atoms with Crippen LogP contribution in [-0.4, -0.2) is 9.97 Å². The Kier molecular flexibility index (Phi) is 1.67. The van der Waals surface area contributed by atoms with Crippen molar-refractivity contribution in [3.8, 4) is 6.07 Å². The van der Waals surface area contributed by atoms with Gasteiger partial charge in [-0.3, -0.25) is 0 Å². The smallest absolute Gasteiger partial charge is 0.199 e. The van der Waals surface area contributed by atoms with Gasteiger partial charge in [0.25, 0.3) is 0 Å². The van der Waals surface area contributed by atoms with Crippen molar-refractivity contribution in [2.75, 3.05) is 0 Å². The predicted octanol–water partition coefficient (Wildman–Crippen LogP) is 1.61. The molecule has 2 rings (SSSR count). The van der Waals surface area contributed by atoms with Crippen molar-refractivity contribution in [1.82, 2.24) is 9.97 Å². The molecule has 2 aromatic rings. The van der Waals surface area contributed by atoms with E-state index in [-0.39, 0.29) is 0 Å². The molecule has 61 valence electrons. The Morgan fingerprint density at radius 2 is 2.23 bits per heavy atom. The lowest BCUT2D eigenvalue weighted by atomic mass is 10.1. The maximum absolute atomic E-state index is 8.80. The van der Waals surface area contributed by atoms with E-state index in [1.165, 1.54) is 0 Å². The third-order valence-corrected chi connectivity index (χ3v) is 1.93. The predicted molar refractivity (Wildman–Crippen MR) is 47.8 cm³/mol. The molecule has 0 atom stereocenters. The van der Waals surface area contributed by atoms with Gasteiger partial charge < -0.3 is 0 Å². The van der Waals surface area contributed by atoms with Crippen molar-refractivity contribution in [2.24, 2.45) is 0 Å². The molecule has 0 aliphatic rings. The molecule has 0 amide bonds. The molecule has 1 aromatic heterocycles. The van der Waals surface area contributed by atoms with Crippen LogP contribution in [-0.2, 0) is 0 Å². The number of hydrogen-bond donors (Lipinski definition) is 0. The molecular weight excluding hydrogens is 162 g/mol. The Morgan fingerprint density at radius 1 is 1.38 bits per heavy atom. The average molecular weight is 168 g/mol. The lowest BCUT2D eigenvalue weighted by Crippen LogP contribution is -1.90. The van der Waals surface area contributed by atoms with Crippen LogP contribution in [0.15, 0.2) is 18.2 Å². The molecule has 3 nitrogen and oxygen atoms in total. The summed E-state index contributed by atoms with van der Waals surface area (Å²) < 4.78 is 0. The summed E-state index contributed by atoms with van der Waals surface area (Å²) >= 11 is 0. The molecule has 0 N–H and O–H groups in total. The van der Waals surface area contributed by atoms with E-state index in [4.69, 9.17) is 5.26 Å². The molecule has 0 fully saturated rings. The summed E-state index contributed by atoms with van der Waals surface area (Å²) in [5.41, 5.74) is 2.18. The van der Waals surface area contributed by atoms with Crippen LogP contribution in [0.3, 0.4) is 0 Å². The fourth-order valence-corrected chi connectivity index (χ4v) is 1.32. The third-order valence-electron chi connectivity index (χ3n) is 1.93. The second kappa shape index (κ2) is 2.83. The maximum Gasteiger partial charge on any atom is 0.199 e. The van der Waals surface area contributed by atoms with E-state index < -0.39 is 0 Å². The highest BCUT2D eigenvalue weighted by Crippen LogP contribution is 2.17. The van der Waals surface area contributed by atoms with E-state index in [0.29, 0.717) is 5.69 Å². The van der Waals surface area contributed by atoms with Gasteiger partial charge in [-0.1, -0.05) is 12.1 Å². The number of rotatable bonds is 0. The molecular formula is C10H6N3. The molecule has 0 aliphatic heterocycles. The highest BCUT2D eigenvalue weighted by atomic mass is 14.8. The first kappa shape index (κ1) is 7.69. The second-order valence-electron chi connectivity index (χ2n) is 2.75. The van der Waals surface area contributed by atoms with Gasteiger partial charge in [-0.15, -0.1) is 0 Å². The first-order valence-electron chi connectivity index (χ1n) is 3.86. The fourth-order valence-electron chi connectivity index (χ4n) is 1.32. The van der Waals surface area contributed by atoms with E-state index in [0.717, 1.165) is 16.5 Å². The van der Waals surface area contributed by atoms with E-state index in [1.807, 2.05) is 31.2 Å². The minimum atomic E-state index is 0.392. The number of fused-ring (bicyclic) bond motifs is 1. The van der Waals surface area contributed by atoms with Crippen molar-refractivity contribution in [3.05, 3.63) is 35.8 Å². The van der Waals surface area contributed by atoms with E-state index in [2.05, 4.69) is 16.3 Å². The fraction of sp³-hybridized carbons (Fsp3) is 0.100. The summed E-state index contributed by atoms with van der Waals surface area (Å²) in [6, 6.07) is 7.72.